The van der Waals surface area contributed by atoms with Crippen molar-refractivity contribution in [2.24, 2.45) is 0 Å². The zero-order valence-corrected chi connectivity index (χ0v) is 11.3. The highest BCUT2D eigenvalue weighted by Crippen LogP contribution is 2.37. The summed E-state index contributed by atoms with van der Waals surface area (Å²) in [6.07, 6.45) is 0. The van der Waals surface area contributed by atoms with Gasteiger partial charge in [-0.1, -0.05) is 41.3 Å². The normalized spacial score (nSPS) is 10.6. The van der Waals surface area contributed by atoms with E-state index in [9.17, 15) is 0 Å². The van der Waals surface area contributed by atoms with Gasteiger partial charge in [0.25, 0.3) is 0 Å². The topological polar surface area (TPSA) is 38.9 Å². The first-order valence-corrected chi connectivity index (χ1v) is 7.42. The molecule has 16 heavy (non-hydrogen) atoms. The predicted molar refractivity (Wildman–Crippen MR) is 75.4 cm³/mol. The SMILES string of the molecule is C=C(C)CSc1nc(-c2cccs2)c(N)s1. The lowest BCUT2D eigenvalue weighted by atomic mass is 10.4. The highest BCUT2D eigenvalue weighted by Gasteiger charge is 2.11. The standard InChI is InChI=1S/C11H12N2S3/c1-7(2)6-15-11-13-9(10(12)16-11)8-4-3-5-14-8/h3-5H,1,6,12H2,2H3. The minimum Gasteiger partial charge on any atom is -0.389 e. The quantitative estimate of drug-likeness (QED) is 0.669. The molecule has 0 atom stereocenters. The van der Waals surface area contributed by atoms with E-state index in [2.05, 4.69) is 11.6 Å². The summed E-state index contributed by atoms with van der Waals surface area (Å²) in [6.45, 7) is 5.89. The maximum atomic E-state index is 5.97. The van der Waals surface area contributed by atoms with Gasteiger partial charge in [-0.15, -0.1) is 11.3 Å². The predicted octanol–water partition coefficient (Wildman–Crippen LogP) is 4.12. The fourth-order valence-corrected chi connectivity index (χ4v) is 3.73. The zero-order chi connectivity index (χ0) is 11.5. The Morgan fingerprint density at radius 3 is 3.06 bits per heavy atom. The Bertz CT molecular complexity index is 485. The maximum Gasteiger partial charge on any atom is 0.152 e. The van der Waals surface area contributed by atoms with E-state index in [1.807, 2.05) is 24.4 Å². The number of nitrogens with two attached hydrogens (primary N) is 1. The van der Waals surface area contributed by atoms with Crippen LogP contribution in [0.3, 0.4) is 0 Å². The van der Waals surface area contributed by atoms with Crippen LogP contribution in [0.1, 0.15) is 6.92 Å². The second kappa shape index (κ2) is 5.03. The van der Waals surface area contributed by atoms with Gasteiger partial charge in [0, 0.05) is 5.75 Å². The van der Waals surface area contributed by atoms with Crippen LogP contribution in [-0.4, -0.2) is 10.7 Å². The molecule has 2 nitrogen and oxygen atoms in total. The first-order valence-electron chi connectivity index (χ1n) is 4.74. The van der Waals surface area contributed by atoms with E-state index in [0.29, 0.717) is 0 Å². The fraction of sp³-hybridized carbons (Fsp3) is 0.182. The Balaban J connectivity index is 2.19. The number of nitrogen functional groups attached to an aromatic ring is 1. The molecule has 0 aliphatic carbocycles. The molecule has 0 bridgehead atoms. The van der Waals surface area contributed by atoms with Gasteiger partial charge >= 0.3 is 0 Å². The molecule has 0 fully saturated rings. The van der Waals surface area contributed by atoms with Gasteiger partial charge in [0.05, 0.1) is 4.88 Å². The van der Waals surface area contributed by atoms with Crippen LogP contribution in [0.2, 0.25) is 0 Å². The third kappa shape index (κ3) is 2.66. The molecule has 0 aromatic carbocycles. The first-order chi connectivity index (χ1) is 7.66. The highest BCUT2D eigenvalue weighted by molar-refractivity contribution is 8.01. The molecule has 5 heteroatoms. The molecular weight excluding hydrogens is 256 g/mol. The van der Waals surface area contributed by atoms with Gasteiger partial charge in [-0.25, -0.2) is 4.98 Å². The van der Waals surface area contributed by atoms with E-state index in [4.69, 9.17) is 5.73 Å². The van der Waals surface area contributed by atoms with Gasteiger partial charge < -0.3 is 5.73 Å². The van der Waals surface area contributed by atoms with Crippen LogP contribution in [0.25, 0.3) is 10.6 Å². The number of aromatic nitrogens is 1. The van der Waals surface area contributed by atoms with E-state index >= 15 is 0 Å². The van der Waals surface area contributed by atoms with Crippen molar-refractivity contribution >= 4 is 39.4 Å². The van der Waals surface area contributed by atoms with Crippen molar-refractivity contribution in [3.63, 3.8) is 0 Å². The van der Waals surface area contributed by atoms with Crippen LogP contribution in [0.5, 0.6) is 0 Å². The molecule has 2 aromatic rings. The first kappa shape index (κ1) is 11.7. The fourth-order valence-electron chi connectivity index (χ4n) is 1.15. The molecule has 0 aliphatic rings. The number of hydrogen-bond acceptors (Lipinski definition) is 5. The van der Waals surface area contributed by atoms with E-state index in [1.54, 1.807) is 34.4 Å². The molecule has 0 unspecified atom stereocenters. The van der Waals surface area contributed by atoms with Crippen molar-refractivity contribution < 1.29 is 0 Å². The number of rotatable bonds is 4. The van der Waals surface area contributed by atoms with E-state index in [-0.39, 0.29) is 0 Å². The molecule has 2 rings (SSSR count). The summed E-state index contributed by atoms with van der Waals surface area (Å²) < 4.78 is 1.02. The lowest BCUT2D eigenvalue weighted by molar-refractivity contribution is 1.26. The molecule has 0 aliphatic heterocycles. The number of nitrogens with zero attached hydrogens (tertiary/aromatic N) is 1. The van der Waals surface area contributed by atoms with Crippen LogP contribution < -0.4 is 5.73 Å². The third-order valence-electron chi connectivity index (χ3n) is 1.83. The van der Waals surface area contributed by atoms with Crippen LogP contribution in [-0.2, 0) is 0 Å². The second-order valence-electron chi connectivity index (χ2n) is 3.42. The van der Waals surface area contributed by atoms with Crippen molar-refractivity contribution in [3.8, 4) is 10.6 Å². The lowest BCUT2D eigenvalue weighted by Crippen LogP contribution is -1.82. The molecule has 0 saturated carbocycles. The average Bonchev–Trinajstić information content (AvgIpc) is 2.83. The summed E-state index contributed by atoms with van der Waals surface area (Å²) in [4.78, 5) is 5.69. The van der Waals surface area contributed by atoms with E-state index < -0.39 is 0 Å². The van der Waals surface area contributed by atoms with Gasteiger partial charge in [-0.2, -0.15) is 0 Å². The summed E-state index contributed by atoms with van der Waals surface area (Å²) in [5.74, 6) is 0.900. The summed E-state index contributed by atoms with van der Waals surface area (Å²) in [6, 6.07) is 4.06. The highest BCUT2D eigenvalue weighted by atomic mass is 32.2. The summed E-state index contributed by atoms with van der Waals surface area (Å²) in [5.41, 5.74) is 8.04. The summed E-state index contributed by atoms with van der Waals surface area (Å²) in [5, 5.41) is 2.83. The molecule has 0 spiro atoms. The monoisotopic (exact) mass is 268 g/mol. The molecule has 2 heterocycles. The Kier molecular flexibility index (Phi) is 3.68. The van der Waals surface area contributed by atoms with Crippen LogP contribution in [0.15, 0.2) is 34.0 Å². The van der Waals surface area contributed by atoms with Crippen molar-refractivity contribution in [1.29, 1.82) is 0 Å². The number of thioether (sulfide) groups is 1. The third-order valence-corrected chi connectivity index (χ3v) is 4.97. The number of hydrogen-bond donors (Lipinski definition) is 1. The molecule has 2 N–H and O–H groups in total. The molecule has 0 saturated heterocycles. The molecular formula is C11H12N2S3. The van der Waals surface area contributed by atoms with Gasteiger partial charge in [0.15, 0.2) is 4.34 Å². The van der Waals surface area contributed by atoms with E-state index in [0.717, 1.165) is 31.2 Å². The lowest BCUT2D eigenvalue weighted by Gasteiger charge is -1.94. The maximum absolute atomic E-state index is 5.97. The summed E-state index contributed by atoms with van der Waals surface area (Å²) in [7, 11) is 0. The van der Waals surface area contributed by atoms with Gasteiger partial charge in [0.1, 0.15) is 10.7 Å². The van der Waals surface area contributed by atoms with Gasteiger partial charge in [-0.3, -0.25) is 0 Å². The van der Waals surface area contributed by atoms with Crippen LogP contribution >= 0.6 is 34.4 Å². The van der Waals surface area contributed by atoms with Crippen LogP contribution in [0, 0.1) is 0 Å². The van der Waals surface area contributed by atoms with E-state index in [1.165, 1.54) is 0 Å². The number of anilines is 1. The molecule has 2 aromatic heterocycles. The zero-order valence-electron chi connectivity index (χ0n) is 8.90. The average molecular weight is 268 g/mol. The Morgan fingerprint density at radius 2 is 2.44 bits per heavy atom. The minimum atomic E-state index is 0.798. The van der Waals surface area contributed by atoms with Crippen molar-refractivity contribution in [1.82, 2.24) is 4.98 Å². The van der Waals surface area contributed by atoms with Crippen molar-refractivity contribution in [2.75, 3.05) is 11.5 Å². The minimum absolute atomic E-state index is 0.798. The van der Waals surface area contributed by atoms with Crippen molar-refractivity contribution in [2.45, 2.75) is 11.3 Å². The Morgan fingerprint density at radius 1 is 1.62 bits per heavy atom. The Hall–Kier alpha value is -0.780. The Labute approximate surface area is 107 Å². The van der Waals surface area contributed by atoms with Crippen LogP contribution in [0.4, 0.5) is 5.00 Å². The van der Waals surface area contributed by atoms with Gasteiger partial charge in [-0.05, 0) is 18.4 Å². The number of thiophene rings is 1. The smallest absolute Gasteiger partial charge is 0.152 e. The summed E-state index contributed by atoms with van der Waals surface area (Å²) >= 11 is 4.91. The van der Waals surface area contributed by atoms with Crippen molar-refractivity contribution in [3.05, 3.63) is 29.7 Å². The molecule has 84 valence electrons. The second-order valence-corrected chi connectivity index (χ2v) is 6.62. The molecule has 0 amide bonds. The molecule has 0 radical (unpaired) electrons. The van der Waals surface area contributed by atoms with Gasteiger partial charge in [0.2, 0.25) is 0 Å². The number of thiazole rings is 1. The largest absolute Gasteiger partial charge is 0.389 e.